The second-order valence-corrected chi connectivity index (χ2v) is 10.8. The summed E-state index contributed by atoms with van der Waals surface area (Å²) in [6.45, 7) is 5.20. The van der Waals surface area contributed by atoms with Gasteiger partial charge in [-0.3, -0.25) is 14.4 Å². The maximum Gasteiger partial charge on any atom is 0.410 e. The molecule has 42 heavy (non-hydrogen) atoms. The highest BCUT2D eigenvalue weighted by atomic mass is 19.4. The van der Waals surface area contributed by atoms with E-state index in [1.165, 1.54) is 12.4 Å². The fraction of sp³-hybridized carbons (Fsp3) is 0.393. The first kappa shape index (κ1) is 30.3. The lowest BCUT2D eigenvalue weighted by atomic mass is 10.1. The number of imidazole rings is 1. The molecule has 4 rings (SSSR count). The van der Waals surface area contributed by atoms with Crippen LogP contribution in [-0.2, 0) is 4.74 Å². The normalized spacial score (nSPS) is 15.3. The monoisotopic (exact) mass is 586 g/mol. The number of aliphatic imine (C=N–C) groups is 1. The maximum atomic E-state index is 12.4. The quantitative estimate of drug-likeness (QED) is 0.353. The van der Waals surface area contributed by atoms with Gasteiger partial charge in [0.05, 0.1) is 29.8 Å². The van der Waals surface area contributed by atoms with Gasteiger partial charge in [0, 0.05) is 49.0 Å². The zero-order chi connectivity index (χ0) is 30.5. The van der Waals surface area contributed by atoms with E-state index in [4.69, 9.17) is 15.5 Å². The van der Waals surface area contributed by atoms with Crippen LogP contribution >= 0.6 is 0 Å². The predicted octanol–water partition coefficient (Wildman–Crippen LogP) is 4.85. The van der Waals surface area contributed by atoms with Crippen LogP contribution < -0.4 is 16.4 Å². The molecule has 4 N–H and O–H groups in total. The minimum absolute atomic E-state index is 0.0457. The number of hydrogen-bond acceptors (Lipinski definition) is 7. The van der Waals surface area contributed by atoms with Gasteiger partial charge in [0.2, 0.25) is 0 Å². The summed E-state index contributed by atoms with van der Waals surface area (Å²) in [6, 6.07) is 4.34. The Morgan fingerprint density at radius 3 is 2.57 bits per heavy atom. The second-order valence-electron chi connectivity index (χ2n) is 10.8. The lowest BCUT2D eigenvalue weighted by molar-refractivity contribution is -0.122. The number of alkyl halides is 3. The zero-order valence-electron chi connectivity index (χ0n) is 23.5. The summed E-state index contributed by atoms with van der Waals surface area (Å²) in [5.74, 6) is 0. The molecule has 0 aliphatic carbocycles. The molecule has 0 atom stereocenters. The molecule has 11 nitrogen and oxygen atoms in total. The summed E-state index contributed by atoms with van der Waals surface area (Å²) in [6.07, 6.45) is 6.11. The van der Waals surface area contributed by atoms with Gasteiger partial charge in [0.15, 0.2) is 0 Å². The second kappa shape index (κ2) is 12.5. The highest BCUT2D eigenvalue weighted by molar-refractivity contribution is 6.10. The number of ether oxygens (including phenoxy) is 1. The largest absolute Gasteiger partial charge is 0.444 e. The van der Waals surface area contributed by atoms with Crippen LogP contribution in [0.15, 0.2) is 54.2 Å². The number of pyridine rings is 2. The number of rotatable bonds is 6. The highest BCUT2D eigenvalue weighted by Crippen LogP contribution is 2.25. The van der Waals surface area contributed by atoms with Crippen LogP contribution in [0.3, 0.4) is 0 Å². The molecule has 0 saturated carbocycles. The summed E-state index contributed by atoms with van der Waals surface area (Å²) in [4.78, 5) is 39.1. The Labute approximate surface area is 240 Å². The van der Waals surface area contributed by atoms with Crippen molar-refractivity contribution < 1.29 is 27.5 Å². The van der Waals surface area contributed by atoms with Gasteiger partial charge in [-0.1, -0.05) is 0 Å². The van der Waals surface area contributed by atoms with Gasteiger partial charge in [0.25, 0.3) is 0 Å². The van der Waals surface area contributed by atoms with Crippen molar-refractivity contribution in [3.8, 4) is 11.3 Å². The number of nitrogens with one attached hydrogen (secondary N) is 2. The minimum atomic E-state index is -4.52. The SMILES string of the molecule is CC(C)(C)OC(=O)N1CCC(N=CC(=CN)c2ccn3c(-c4cncc(NC(=O)NCC(F)(F)F)c4)cnc3c2)CC1. The average molecular weight is 587 g/mol. The molecule has 1 aliphatic rings. The van der Waals surface area contributed by atoms with Crippen LogP contribution in [0.5, 0.6) is 0 Å². The van der Waals surface area contributed by atoms with Crippen molar-refractivity contribution in [2.75, 3.05) is 25.0 Å². The van der Waals surface area contributed by atoms with E-state index in [0.29, 0.717) is 48.4 Å². The fourth-order valence-electron chi connectivity index (χ4n) is 4.30. The molecule has 3 aromatic rings. The Morgan fingerprint density at radius 1 is 1.17 bits per heavy atom. The van der Waals surface area contributed by atoms with Gasteiger partial charge in [-0.25, -0.2) is 14.6 Å². The third-order valence-electron chi connectivity index (χ3n) is 6.31. The van der Waals surface area contributed by atoms with Crippen molar-refractivity contribution in [3.05, 3.63) is 54.7 Å². The Balaban J connectivity index is 1.41. The number of fused-ring (bicyclic) bond motifs is 1. The molecule has 4 heterocycles. The number of nitrogens with zero attached hydrogens (tertiary/aromatic N) is 5. The first-order chi connectivity index (χ1) is 19.8. The molecular weight excluding hydrogens is 553 g/mol. The molecule has 3 aromatic heterocycles. The number of aromatic nitrogens is 3. The van der Waals surface area contributed by atoms with E-state index in [1.807, 2.05) is 37.3 Å². The first-order valence-corrected chi connectivity index (χ1v) is 13.3. The van der Waals surface area contributed by atoms with Crippen LogP contribution in [0.1, 0.15) is 39.2 Å². The lowest BCUT2D eigenvalue weighted by Gasteiger charge is -2.32. The van der Waals surface area contributed by atoms with E-state index in [9.17, 15) is 22.8 Å². The van der Waals surface area contributed by atoms with Crippen molar-refractivity contribution in [2.24, 2.45) is 10.7 Å². The van der Waals surface area contributed by atoms with Crippen molar-refractivity contribution in [3.63, 3.8) is 0 Å². The average Bonchev–Trinajstić information content (AvgIpc) is 3.35. The third-order valence-corrected chi connectivity index (χ3v) is 6.31. The van der Waals surface area contributed by atoms with Crippen LogP contribution in [0, 0.1) is 0 Å². The molecule has 0 radical (unpaired) electrons. The standard InChI is InChI=1S/C28H33F3N8O3/c1-27(2,3)42-26(41)38-7-5-21(6-8-38)34-14-20(12-32)18-4-9-39-23(16-35-24(39)11-18)19-10-22(15-33-13-19)37-25(40)36-17-28(29,30)31/h4,9-16,21H,5-8,17,32H2,1-3H3,(H2,36,37,40). The summed E-state index contributed by atoms with van der Waals surface area (Å²) in [5.41, 5.74) is 8.97. The van der Waals surface area contributed by atoms with Crippen molar-refractivity contribution >= 4 is 35.2 Å². The topological polar surface area (TPSA) is 139 Å². The van der Waals surface area contributed by atoms with E-state index in [0.717, 1.165) is 5.56 Å². The van der Waals surface area contributed by atoms with E-state index in [2.05, 4.69) is 15.3 Å². The van der Waals surface area contributed by atoms with Gasteiger partial charge in [-0.2, -0.15) is 13.2 Å². The number of hydrogen-bond donors (Lipinski definition) is 3. The van der Waals surface area contributed by atoms with E-state index >= 15 is 0 Å². The Hall–Kier alpha value is -4.62. The molecule has 0 spiro atoms. The summed E-state index contributed by atoms with van der Waals surface area (Å²) in [5, 5.41) is 4.11. The molecule has 14 heteroatoms. The van der Waals surface area contributed by atoms with Crippen LogP contribution in [0.4, 0.5) is 28.4 Å². The maximum absolute atomic E-state index is 12.4. The van der Waals surface area contributed by atoms with E-state index < -0.39 is 24.4 Å². The number of piperidine rings is 1. The molecule has 3 amide bonds. The Kier molecular flexibility index (Phi) is 9.02. The summed E-state index contributed by atoms with van der Waals surface area (Å²) in [7, 11) is 0. The van der Waals surface area contributed by atoms with Crippen LogP contribution in [0.2, 0.25) is 0 Å². The molecule has 1 fully saturated rings. The van der Waals surface area contributed by atoms with Gasteiger partial charge in [0.1, 0.15) is 17.8 Å². The van der Waals surface area contributed by atoms with Gasteiger partial charge < -0.3 is 26.0 Å². The minimum Gasteiger partial charge on any atom is -0.444 e. The molecule has 0 aromatic carbocycles. The number of allylic oxidation sites excluding steroid dienone is 1. The number of amides is 3. The summed E-state index contributed by atoms with van der Waals surface area (Å²) >= 11 is 0. The number of anilines is 1. The van der Waals surface area contributed by atoms with Crippen molar-refractivity contribution in [1.82, 2.24) is 24.6 Å². The van der Waals surface area contributed by atoms with Crippen LogP contribution in [-0.4, -0.2) is 75.1 Å². The number of carbonyl (C=O) groups excluding carboxylic acids is 2. The number of halogens is 3. The zero-order valence-corrected chi connectivity index (χ0v) is 23.5. The first-order valence-electron chi connectivity index (χ1n) is 13.3. The Morgan fingerprint density at radius 2 is 1.90 bits per heavy atom. The third kappa shape index (κ3) is 8.21. The number of carbonyl (C=O) groups is 2. The number of urea groups is 1. The van der Waals surface area contributed by atoms with Crippen molar-refractivity contribution in [1.29, 1.82) is 0 Å². The molecule has 0 unspecified atom stereocenters. The van der Waals surface area contributed by atoms with Gasteiger partial charge >= 0.3 is 18.3 Å². The molecule has 0 bridgehead atoms. The molecule has 1 saturated heterocycles. The smallest absolute Gasteiger partial charge is 0.410 e. The molecular formula is C28H33F3N8O3. The number of likely N-dealkylation sites (tertiary alicyclic amines) is 1. The van der Waals surface area contributed by atoms with Gasteiger partial charge in [-0.15, -0.1) is 0 Å². The van der Waals surface area contributed by atoms with Gasteiger partial charge in [-0.05, 0) is 57.4 Å². The van der Waals surface area contributed by atoms with E-state index in [1.54, 1.807) is 41.1 Å². The number of nitrogens with two attached hydrogens (primary N) is 1. The summed E-state index contributed by atoms with van der Waals surface area (Å²) < 4.78 is 44.3. The molecule has 224 valence electrons. The molecule has 1 aliphatic heterocycles. The fourth-order valence-corrected chi connectivity index (χ4v) is 4.30. The highest BCUT2D eigenvalue weighted by Gasteiger charge is 2.28. The Bertz CT molecular complexity index is 1490. The van der Waals surface area contributed by atoms with Crippen LogP contribution in [0.25, 0.3) is 22.5 Å². The van der Waals surface area contributed by atoms with Crippen molar-refractivity contribution in [2.45, 2.75) is 51.4 Å². The van der Waals surface area contributed by atoms with E-state index in [-0.39, 0.29) is 17.8 Å². The predicted molar refractivity (Wildman–Crippen MR) is 153 cm³/mol. The lowest BCUT2D eigenvalue weighted by Crippen LogP contribution is -2.42.